The minimum Gasteiger partial charge on any atom is -0.308 e. The third-order valence-electron chi connectivity index (χ3n) is 1.88. The average Bonchev–Trinajstić information content (AvgIpc) is 2.53. The van der Waals surface area contributed by atoms with Gasteiger partial charge in [-0.25, -0.2) is 4.98 Å². The van der Waals surface area contributed by atoms with E-state index in [0.29, 0.717) is 6.67 Å². The summed E-state index contributed by atoms with van der Waals surface area (Å²) in [7, 11) is 0. The van der Waals surface area contributed by atoms with E-state index in [1.807, 2.05) is 11.8 Å². The van der Waals surface area contributed by atoms with Gasteiger partial charge in [0.15, 0.2) is 0 Å². The number of nitrogens with one attached hydrogen (secondary N) is 1. The van der Waals surface area contributed by atoms with E-state index < -0.39 is 5.95 Å². The van der Waals surface area contributed by atoms with Crippen LogP contribution in [0.4, 0.5) is 10.1 Å². The quantitative estimate of drug-likeness (QED) is 0.653. The van der Waals surface area contributed by atoms with Crippen LogP contribution in [0.15, 0.2) is 23.4 Å². The van der Waals surface area contributed by atoms with Gasteiger partial charge in [0.2, 0.25) is 5.95 Å². The van der Waals surface area contributed by atoms with Crippen LogP contribution in [0, 0.1) is 5.95 Å². The molecule has 0 unspecified atom stereocenters. The molecule has 0 aromatic carbocycles. The Bertz CT molecular complexity index is 333. The molecule has 0 bridgehead atoms. The van der Waals surface area contributed by atoms with Gasteiger partial charge in [-0.15, -0.1) is 0 Å². The van der Waals surface area contributed by atoms with Crippen molar-refractivity contribution in [3.63, 3.8) is 0 Å². The maximum absolute atomic E-state index is 12.5. The van der Waals surface area contributed by atoms with Crippen LogP contribution < -0.4 is 10.3 Å². The molecule has 4 nitrogen and oxygen atoms in total. The van der Waals surface area contributed by atoms with E-state index in [1.165, 1.54) is 12.3 Å². The summed E-state index contributed by atoms with van der Waals surface area (Å²) in [5.41, 5.74) is 3.67. The van der Waals surface area contributed by atoms with Crippen LogP contribution in [0.3, 0.4) is 0 Å². The lowest BCUT2D eigenvalue weighted by Crippen LogP contribution is -2.27. The Hall–Kier alpha value is -1.65. The normalized spacial score (nSPS) is 15.5. The van der Waals surface area contributed by atoms with Crippen molar-refractivity contribution < 1.29 is 4.39 Å². The van der Waals surface area contributed by atoms with Gasteiger partial charge in [-0.1, -0.05) is 0 Å². The zero-order valence-electron chi connectivity index (χ0n) is 7.16. The second-order valence-electron chi connectivity index (χ2n) is 2.74. The van der Waals surface area contributed by atoms with Gasteiger partial charge in [-0.05, 0) is 19.1 Å². The number of hydrazone groups is 1. The van der Waals surface area contributed by atoms with E-state index >= 15 is 0 Å². The number of nitrogens with zero attached hydrogens (tertiary/aromatic N) is 3. The molecule has 0 radical (unpaired) electrons. The number of rotatable bonds is 1. The van der Waals surface area contributed by atoms with Crippen molar-refractivity contribution in [2.75, 3.05) is 11.6 Å². The molecule has 0 saturated carbocycles. The lowest BCUT2D eigenvalue weighted by atomic mass is 10.4. The molecule has 0 fully saturated rings. The molecule has 1 aliphatic rings. The summed E-state index contributed by atoms with van der Waals surface area (Å²) in [6.07, 6.45) is 1.49. The monoisotopic (exact) mass is 180 g/mol. The Kier molecular flexibility index (Phi) is 1.84. The number of pyridine rings is 1. The van der Waals surface area contributed by atoms with Crippen LogP contribution in [0.25, 0.3) is 0 Å². The zero-order valence-corrected chi connectivity index (χ0v) is 7.16. The molecular weight excluding hydrogens is 171 g/mol. The molecule has 5 heteroatoms. The summed E-state index contributed by atoms with van der Waals surface area (Å²) in [5.74, 6) is 0.388. The van der Waals surface area contributed by atoms with E-state index in [0.717, 1.165) is 11.5 Å². The first kappa shape index (κ1) is 7.97. The van der Waals surface area contributed by atoms with Crippen LogP contribution in [0.2, 0.25) is 0 Å². The first-order valence-electron chi connectivity index (χ1n) is 3.93. The Labute approximate surface area is 75.1 Å². The second kappa shape index (κ2) is 3.01. The van der Waals surface area contributed by atoms with E-state index in [1.54, 1.807) is 6.07 Å². The van der Waals surface area contributed by atoms with Crippen molar-refractivity contribution in [3.05, 3.63) is 24.3 Å². The van der Waals surface area contributed by atoms with Crippen LogP contribution in [-0.4, -0.2) is 17.5 Å². The highest BCUT2D eigenvalue weighted by Crippen LogP contribution is 2.14. The van der Waals surface area contributed by atoms with Crippen LogP contribution in [0.1, 0.15) is 6.92 Å². The first-order chi connectivity index (χ1) is 6.27. The predicted octanol–water partition coefficient (Wildman–Crippen LogP) is 0.921. The van der Waals surface area contributed by atoms with Crippen LogP contribution in [0.5, 0.6) is 0 Å². The van der Waals surface area contributed by atoms with Crippen molar-refractivity contribution in [2.45, 2.75) is 6.92 Å². The van der Waals surface area contributed by atoms with Gasteiger partial charge < -0.3 is 4.90 Å². The average molecular weight is 180 g/mol. The summed E-state index contributed by atoms with van der Waals surface area (Å²) in [6, 6.07) is 3.01. The molecule has 0 spiro atoms. The SMILES string of the molecule is CC1=NNCN1c1ccc(F)nc1. The minimum atomic E-state index is -0.467. The van der Waals surface area contributed by atoms with Gasteiger partial charge in [0.05, 0.1) is 11.9 Å². The fourth-order valence-electron chi connectivity index (χ4n) is 1.20. The molecule has 0 atom stereocenters. The lowest BCUT2D eigenvalue weighted by molar-refractivity contribution is 0.583. The Morgan fingerprint density at radius 2 is 2.38 bits per heavy atom. The minimum absolute atomic E-state index is 0.467. The molecule has 0 amide bonds. The maximum atomic E-state index is 12.5. The van der Waals surface area contributed by atoms with Crippen LogP contribution in [-0.2, 0) is 0 Å². The smallest absolute Gasteiger partial charge is 0.212 e. The standard InChI is InChI=1S/C8H9FN4/c1-6-12-11-5-13(6)7-2-3-8(9)10-4-7/h2-4,11H,5H2,1H3. The van der Waals surface area contributed by atoms with E-state index in [-0.39, 0.29) is 0 Å². The lowest BCUT2D eigenvalue weighted by Gasteiger charge is -2.15. The topological polar surface area (TPSA) is 40.5 Å². The highest BCUT2D eigenvalue weighted by molar-refractivity contribution is 5.96. The molecule has 68 valence electrons. The Morgan fingerprint density at radius 1 is 1.54 bits per heavy atom. The fraction of sp³-hybridized carbons (Fsp3) is 0.250. The van der Waals surface area contributed by atoms with Crippen LogP contribution >= 0.6 is 0 Å². The van der Waals surface area contributed by atoms with Crippen molar-refractivity contribution >= 4 is 11.5 Å². The summed E-state index contributed by atoms with van der Waals surface area (Å²) in [6.45, 7) is 2.49. The summed E-state index contributed by atoms with van der Waals surface area (Å²) >= 11 is 0. The zero-order chi connectivity index (χ0) is 9.26. The molecule has 13 heavy (non-hydrogen) atoms. The summed E-state index contributed by atoms with van der Waals surface area (Å²) in [5, 5.41) is 3.99. The summed E-state index contributed by atoms with van der Waals surface area (Å²) < 4.78 is 12.5. The van der Waals surface area contributed by atoms with Crippen molar-refractivity contribution in [2.24, 2.45) is 5.10 Å². The van der Waals surface area contributed by atoms with E-state index in [4.69, 9.17) is 0 Å². The van der Waals surface area contributed by atoms with Gasteiger partial charge in [0, 0.05) is 0 Å². The fourth-order valence-corrected chi connectivity index (χ4v) is 1.20. The highest BCUT2D eigenvalue weighted by Gasteiger charge is 2.14. The third kappa shape index (κ3) is 1.44. The number of halogens is 1. The van der Waals surface area contributed by atoms with E-state index in [9.17, 15) is 4.39 Å². The third-order valence-corrected chi connectivity index (χ3v) is 1.88. The molecule has 1 aromatic heterocycles. The number of anilines is 1. The number of hydrogen-bond acceptors (Lipinski definition) is 4. The van der Waals surface area contributed by atoms with Gasteiger partial charge in [-0.2, -0.15) is 9.49 Å². The van der Waals surface area contributed by atoms with Crippen molar-refractivity contribution in [3.8, 4) is 0 Å². The number of aromatic nitrogens is 1. The first-order valence-corrected chi connectivity index (χ1v) is 3.93. The Morgan fingerprint density at radius 3 is 2.92 bits per heavy atom. The second-order valence-corrected chi connectivity index (χ2v) is 2.74. The molecular formula is C8H9FN4. The van der Waals surface area contributed by atoms with Crippen molar-refractivity contribution in [1.29, 1.82) is 0 Å². The molecule has 1 aromatic rings. The van der Waals surface area contributed by atoms with Gasteiger partial charge in [0.25, 0.3) is 0 Å². The molecule has 0 aliphatic carbocycles. The van der Waals surface area contributed by atoms with Gasteiger partial charge in [0.1, 0.15) is 12.5 Å². The molecule has 2 rings (SSSR count). The molecule has 2 heterocycles. The largest absolute Gasteiger partial charge is 0.308 e. The number of hydrogen-bond donors (Lipinski definition) is 1. The molecule has 0 saturated heterocycles. The van der Waals surface area contributed by atoms with Gasteiger partial charge in [-0.3, -0.25) is 5.43 Å². The number of amidine groups is 1. The molecule has 1 aliphatic heterocycles. The van der Waals surface area contributed by atoms with E-state index in [2.05, 4.69) is 15.5 Å². The summed E-state index contributed by atoms with van der Waals surface area (Å²) in [4.78, 5) is 5.48. The van der Waals surface area contributed by atoms with Gasteiger partial charge >= 0.3 is 0 Å². The Balaban J connectivity index is 2.26. The van der Waals surface area contributed by atoms with Crippen molar-refractivity contribution in [1.82, 2.24) is 10.4 Å². The highest BCUT2D eigenvalue weighted by atomic mass is 19.1. The molecule has 1 N–H and O–H groups in total. The predicted molar refractivity (Wildman–Crippen MR) is 47.8 cm³/mol. The maximum Gasteiger partial charge on any atom is 0.212 e.